The molecule has 5 heteroatoms. The van der Waals surface area contributed by atoms with Gasteiger partial charge in [-0.3, -0.25) is 0 Å². The number of nitrogens with two attached hydrogens (primary N) is 1. The summed E-state index contributed by atoms with van der Waals surface area (Å²) in [5, 5.41) is 3.56. The summed E-state index contributed by atoms with van der Waals surface area (Å²) in [4.78, 5) is 10.3. The van der Waals surface area contributed by atoms with Gasteiger partial charge < -0.3 is 16.0 Å². The Morgan fingerprint density at radius 2 is 2.38 bits per heavy atom. The summed E-state index contributed by atoms with van der Waals surface area (Å²) in [5.74, 6) is 1.27. The Bertz CT molecular complexity index is 348. The third-order valence-electron chi connectivity index (χ3n) is 3.00. The SMILES string of the molecule is CCC(C)NC1CN(c2ccnc(N)n2)C1. The first-order valence-corrected chi connectivity index (χ1v) is 5.78. The molecule has 0 saturated carbocycles. The molecule has 16 heavy (non-hydrogen) atoms. The van der Waals surface area contributed by atoms with E-state index < -0.39 is 0 Å². The van der Waals surface area contributed by atoms with Gasteiger partial charge in [-0.1, -0.05) is 6.92 Å². The quantitative estimate of drug-likeness (QED) is 0.781. The summed E-state index contributed by atoms with van der Waals surface area (Å²) >= 11 is 0. The molecule has 1 aromatic rings. The Hall–Kier alpha value is -1.36. The number of rotatable bonds is 4. The average molecular weight is 221 g/mol. The van der Waals surface area contributed by atoms with Crippen LogP contribution in [0.1, 0.15) is 20.3 Å². The molecule has 0 radical (unpaired) electrons. The van der Waals surface area contributed by atoms with Crippen LogP contribution in [-0.2, 0) is 0 Å². The van der Waals surface area contributed by atoms with E-state index in [0.717, 1.165) is 25.3 Å². The van der Waals surface area contributed by atoms with Crippen LogP contribution in [0.15, 0.2) is 12.3 Å². The molecule has 1 aliphatic heterocycles. The Morgan fingerprint density at radius 1 is 1.62 bits per heavy atom. The molecule has 3 N–H and O–H groups in total. The minimum absolute atomic E-state index is 0.343. The van der Waals surface area contributed by atoms with Gasteiger partial charge in [0.15, 0.2) is 0 Å². The van der Waals surface area contributed by atoms with Crippen molar-refractivity contribution in [2.75, 3.05) is 23.7 Å². The number of hydrogen-bond acceptors (Lipinski definition) is 5. The second-order valence-corrected chi connectivity index (χ2v) is 4.35. The van der Waals surface area contributed by atoms with E-state index in [1.165, 1.54) is 0 Å². The Kier molecular flexibility index (Phi) is 3.24. The van der Waals surface area contributed by atoms with Crippen molar-refractivity contribution in [2.24, 2.45) is 0 Å². The fourth-order valence-electron chi connectivity index (χ4n) is 1.83. The second-order valence-electron chi connectivity index (χ2n) is 4.35. The summed E-state index contributed by atoms with van der Waals surface area (Å²) in [5.41, 5.74) is 5.55. The van der Waals surface area contributed by atoms with E-state index in [0.29, 0.717) is 18.0 Å². The summed E-state index contributed by atoms with van der Waals surface area (Å²) in [6, 6.07) is 3.06. The van der Waals surface area contributed by atoms with Gasteiger partial charge in [-0.2, -0.15) is 4.98 Å². The van der Waals surface area contributed by atoms with Crippen molar-refractivity contribution in [3.05, 3.63) is 12.3 Å². The standard InChI is InChI=1S/C11H19N5/c1-3-8(2)14-9-6-16(7-9)10-4-5-13-11(12)15-10/h4-5,8-9,14H,3,6-7H2,1-2H3,(H2,12,13,15). The summed E-state index contributed by atoms with van der Waals surface area (Å²) in [6.07, 6.45) is 2.87. The molecule has 1 saturated heterocycles. The third-order valence-corrected chi connectivity index (χ3v) is 3.00. The number of hydrogen-bond donors (Lipinski definition) is 2. The van der Waals surface area contributed by atoms with Crippen LogP contribution in [0.2, 0.25) is 0 Å². The van der Waals surface area contributed by atoms with Crippen molar-refractivity contribution in [2.45, 2.75) is 32.4 Å². The van der Waals surface area contributed by atoms with Crippen LogP contribution in [0.25, 0.3) is 0 Å². The van der Waals surface area contributed by atoms with E-state index in [-0.39, 0.29) is 0 Å². The van der Waals surface area contributed by atoms with Crippen LogP contribution in [-0.4, -0.2) is 35.1 Å². The first-order chi connectivity index (χ1) is 7.69. The van der Waals surface area contributed by atoms with Crippen molar-refractivity contribution in [3.8, 4) is 0 Å². The molecule has 1 atom stereocenters. The zero-order chi connectivity index (χ0) is 11.5. The highest BCUT2D eigenvalue weighted by Gasteiger charge is 2.28. The van der Waals surface area contributed by atoms with Gasteiger partial charge in [0, 0.05) is 31.4 Å². The smallest absolute Gasteiger partial charge is 0.221 e. The Morgan fingerprint density at radius 3 is 3.00 bits per heavy atom. The van der Waals surface area contributed by atoms with Crippen molar-refractivity contribution in [3.63, 3.8) is 0 Å². The fourth-order valence-corrected chi connectivity index (χ4v) is 1.83. The molecule has 1 unspecified atom stereocenters. The first kappa shape index (κ1) is 11.1. The van der Waals surface area contributed by atoms with Crippen LogP contribution >= 0.6 is 0 Å². The highest BCUT2D eigenvalue weighted by molar-refractivity contribution is 5.44. The van der Waals surface area contributed by atoms with Gasteiger partial charge in [-0.05, 0) is 19.4 Å². The number of anilines is 2. The lowest BCUT2D eigenvalue weighted by atomic mass is 10.1. The van der Waals surface area contributed by atoms with E-state index in [2.05, 4.69) is 34.0 Å². The van der Waals surface area contributed by atoms with Crippen LogP contribution < -0.4 is 16.0 Å². The Labute approximate surface area is 96.1 Å². The van der Waals surface area contributed by atoms with Crippen LogP contribution in [0.5, 0.6) is 0 Å². The van der Waals surface area contributed by atoms with Gasteiger partial charge in [-0.25, -0.2) is 4.98 Å². The molecule has 2 rings (SSSR count). The molecule has 0 aromatic carbocycles. The molecule has 0 amide bonds. The maximum absolute atomic E-state index is 5.55. The van der Waals surface area contributed by atoms with Crippen LogP contribution in [0.3, 0.4) is 0 Å². The predicted octanol–water partition coefficient (Wildman–Crippen LogP) is 0.635. The zero-order valence-corrected chi connectivity index (χ0v) is 9.85. The maximum Gasteiger partial charge on any atom is 0.221 e. The summed E-state index contributed by atoms with van der Waals surface area (Å²) in [6.45, 7) is 6.41. The molecule has 0 bridgehead atoms. The molecule has 0 aliphatic carbocycles. The highest BCUT2D eigenvalue weighted by atomic mass is 15.3. The fraction of sp³-hybridized carbons (Fsp3) is 0.636. The summed E-state index contributed by atoms with van der Waals surface area (Å²) in [7, 11) is 0. The third kappa shape index (κ3) is 2.41. The molecule has 1 aromatic heterocycles. The van der Waals surface area contributed by atoms with Crippen LogP contribution in [0, 0.1) is 0 Å². The molecule has 1 fully saturated rings. The van der Waals surface area contributed by atoms with Crippen molar-refractivity contribution >= 4 is 11.8 Å². The van der Waals surface area contributed by atoms with E-state index >= 15 is 0 Å². The van der Waals surface area contributed by atoms with Gasteiger partial charge >= 0.3 is 0 Å². The van der Waals surface area contributed by atoms with Crippen molar-refractivity contribution in [1.82, 2.24) is 15.3 Å². The first-order valence-electron chi connectivity index (χ1n) is 5.78. The predicted molar refractivity (Wildman–Crippen MR) is 65.3 cm³/mol. The lowest BCUT2D eigenvalue weighted by Gasteiger charge is -2.41. The number of nitrogens with one attached hydrogen (secondary N) is 1. The highest BCUT2D eigenvalue weighted by Crippen LogP contribution is 2.18. The molecule has 5 nitrogen and oxygen atoms in total. The largest absolute Gasteiger partial charge is 0.368 e. The summed E-state index contributed by atoms with van der Waals surface area (Å²) < 4.78 is 0. The minimum Gasteiger partial charge on any atom is -0.368 e. The normalized spacial score (nSPS) is 18.2. The van der Waals surface area contributed by atoms with E-state index in [1.807, 2.05) is 6.07 Å². The Balaban J connectivity index is 1.84. The van der Waals surface area contributed by atoms with E-state index in [4.69, 9.17) is 5.73 Å². The van der Waals surface area contributed by atoms with E-state index in [9.17, 15) is 0 Å². The van der Waals surface area contributed by atoms with Gasteiger partial charge in [0.2, 0.25) is 5.95 Å². The molecule has 0 spiro atoms. The topological polar surface area (TPSA) is 67.1 Å². The van der Waals surface area contributed by atoms with Gasteiger partial charge in [0.1, 0.15) is 5.82 Å². The van der Waals surface area contributed by atoms with Gasteiger partial charge in [0.05, 0.1) is 0 Å². The molecule has 2 heterocycles. The van der Waals surface area contributed by atoms with Gasteiger partial charge in [0.25, 0.3) is 0 Å². The van der Waals surface area contributed by atoms with E-state index in [1.54, 1.807) is 6.20 Å². The molecule has 88 valence electrons. The average Bonchev–Trinajstić information content (AvgIpc) is 2.22. The second kappa shape index (κ2) is 4.65. The van der Waals surface area contributed by atoms with Crippen LogP contribution in [0.4, 0.5) is 11.8 Å². The number of nitrogens with zero attached hydrogens (tertiary/aromatic N) is 3. The lowest BCUT2D eigenvalue weighted by molar-refractivity contribution is 0.371. The monoisotopic (exact) mass is 221 g/mol. The molecule has 1 aliphatic rings. The van der Waals surface area contributed by atoms with Crippen molar-refractivity contribution < 1.29 is 0 Å². The molecular formula is C11H19N5. The number of nitrogen functional groups attached to an aromatic ring is 1. The zero-order valence-electron chi connectivity index (χ0n) is 9.85. The molecular weight excluding hydrogens is 202 g/mol. The van der Waals surface area contributed by atoms with Crippen molar-refractivity contribution in [1.29, 1.82) is 0 Å². The minimum atomic E-state index is 0.343. The maximum atomic E-state index is 5.55. The lowest BCUT2D eigenvalue weighted by Crippen LogP contribution is -2.60. The number of aromatic nitrogens is 2. The van der Waals surface area contributed by atoms with Gasteiger partial charge in [-0.15, -0.1) is 0 Å².